The molecule has 4 aromatic rings. The van der Waals surface area contributed by atoms with Gasteiger partial charge in [0, 0.05) is 31.7 Å². The largest absolute Gasteiger partial charge is 0.508 e. The molecule has 3 aromatic carbocycles. The molecule has 1 N–H and O–H groups in total. The zero-order chi connectivity index (χ0) is 23.0. The quantitative estimate of drug-likeness (QED) is 0.304. The molecular formula is C29H33N3O. The predicted octanol–water partition coefficient (Wildman–Crippen LogP) is 6.57. The molecule has 0 unspecified atom stereocenters. The minimum absolute atomic E-state index is 0.346. The van der Waals surface area contributed by atoms with E-state index in [2.05, 4.69) is 77.1 Å². The Morgan fingerprint density at radius 2 is 1.55 bits per heavy atom. The number of hydrogen-bond acceptors (Lipinski definition) is 3. The fraction of sp³-hybridized carbons (Fsp3) is 0.276. The van der Waals surface area contributed by atoms with E-state index >= 15 is 0 Å². The third kappa shape index (κ3) is 5.91. The molecule has 4 rings (SSSR count). The van der Waals surface area contributed by atoms with Crippen LogP contribution in [0.15, 0.2) is 85.1 Å². The maximum atomic E-state index is 9.95. The molecule has 0 radical (unpaired) electrons. The van der Waals surface area contributed by atoms with E-state index in [1.165, 1.54) is 16.8 Å². The number of aryl methyl sites for hydroxylation is 1. The van der Waals surface area contributed by atoms with Gasteiger partial charge in [0.1, 0.15) is 11.6 Å². The standard InChI is InChI=1S/C29H33N3O/c1-3-4-17-32-27(19-30-29(32)26-13-9-6-10-14-26)22-31(20-24-11-7-5-8-12-24)21-25-15-16-28(33)23(2)18-25/h5-16,18-19,33H,3-4,17,20-22H2,1-2H3. The number of imidazole rings is 1. The molecule has 0 aliphatic carbocycles. The van der Waals surface area contributed by atoms with E-state index in [0.717, 1.165) is 56.0 Å². The number of unbranched alkanes of at least 4 members (excludes halogenated alkanes) is 1. The van der Waals surface area contributed by atoms with Crippen molar-refractivity contribution in [1.29, 1.82) is 0 Å². The van der Waals surface area contributed by atoms with E-state index in [0.29, 0.717) is 5.75 Å². The maximum absolute atomic E-state index is 9.95. The van der Waals surface area contributed by atoms with Crippen LogP contribution in [0.1, 0.15) is 42.1 Å². The highest BCUT2D eigenvalue weighted by atomic mass is 16.3. The second-order valence-corrected chi connectivity index (χ2v) is 8.70. The van der Waals surface area contributed by atoms with Crippen molar-refractivity contribution in [1.82, 2.24) is 14.5 Å². The highest BCUT2D eigenvalue weighted by Gasteiger charge is 2.16. The van der Waals surface area contributed by atoms with Crippen molar-refractivity contribution in [3.05, 3.63) is 107 Å². The van der Waals surface area contributed by atoms with Gasteiger partial charge < -0.3 is 9.67 Å². The van der Waals surface area contributed by atoms with Crippen LogP contribution < -0.4 is 0 Å². The second-order valence-electron chi connectivity index (χ2n) is 8.70. The molecule has 0 spiro atoms. The Balaban J connectivity index is 1.64. The number of aromatic hydroxyl groups is 1. The lowest BCUT2D eigenvalue weighted by molar-refractivity contribution is 0.241. The summed E-state index contributed by atoms with van der Waals surface area (Å²) in [4.78, 5) is 7.29. The molecule has 0 aliphatic rings. The molecule has 1 aromatic heterocycles. The van der Waals surface area contributed by atoms with Crippen LogP contribution >= 0.6 is 0 Å². The zero-order valence-electron chi connectivity index (χ0n) is 19.6. The molecule has 0 fully saturated rings. The monoisotopic (exact) mass is 439 g/mol. The Morgan fingerprint density at radius 1 is 0.848 bits per heavy atom. The minimum atomic E-state index is 0.346. The lowest BCUT2D eigenvalue weighted by Crippen LogP contribution is -2.24. The molecule has 1 heterocycles. The lowest BCUT2D eigenvalue weighted by atomic mass is 10.1. The van der Waals surface area contributed by atoms with Crippen LogP contribution in [-0.4, -0.2) is 19.6 Å². The normalized spacial score (nSPS) is 11.2. The molecule has 0 amide bonds. The van der Waals surface area contributed by atoms with E-state index < -0.39 is 0 Å². The Labute approximate surface area is 197 Å². The maximum Gasteiger partial charge on any atom is 0.140 e. The summed E-state index contributed by atoms with van der Waals surface area (Å²) in [5, 5.41) is 9.95. The number of rotatable bonds is 10. The summed E-state index contributed by atoms with van der Waals surface area (Å²) < 4.78 is 2.39. The predicted molar refractivity (Wildman–Crippen MR) is 135 cm³/mol. The van der Waals surface area contributed by atoms with Crippen LogP contribution in [0.3, 0.4) is 0 Å². The molecule has 0 saturated heterocycles. The molecule has 4 nitrogen and oxygen atoms in total. The van der Waals surface area contributed by atoms with Crippen LogP contribution in [-0.2, 0) is 26.2 Å². The molecule has 0 aliphatic heterocycles. The van der Waals surface area contributed by atoms with Crippen molar-refractivity contribution in [3.8, 4) is 17.1 Å². The molecule has 0 atom stereocenters. The van der Waals surface area contributed by atoms with Gasteiger partial charge in [0.15, 0.2) is 0 Å². The summed E-state index contributed by atoms with van der Waals surface area (Å²) in [7, 11) is 0. The number of phenolic OH excluding ortho intramolecular Hbond substituents is 1. The summed E-state index contributed by atoms with van der Waals surface area (Å²) in [6.07, 6.45) is 4.31. The van der Waals surface area contributed by atoms with Gasteiger partial charge in [-0.3, -0.25) is 4.90 Å². The molecular weight excluding hydrogens is 406 g/mol. The average Bonchev–Trinajstić information content (AvgIpc) is 3.23. The van der Waals surface area contributed by atoms with Crippen molar-refractivity contribution in [2.75, 3.05) is 0 Å². The average molecular weight is 440 g/mol. The second kappa shape index (κ2) is 11.0. The summed E-state index contributed by atoms with van der Waals surface area (Å²) in [6, 6.07) is 27.0. The van der Waals surface area contributed by atoms with Crippen molar-refractivity contribution < 1.29 is 5.11 Å². The van der Waals surface area contributed by atoms with Crippen LogP contribution in [0.2, 0.25) is 0 Å². The Hall–Kier alpha value is -3.37. The number of hydrogen-bond donors (Lipinski definition) is 1. The Kier molecular flexibility index (Phi) is 7.59. The minimum Gasteiger partial charge on any atom is -0.508 e. The topological polar surface area (TPSA) is 41.3 Å². The summed E-state index contributed by atoms with van der Waals surface area (Å²) in [5.74, 6) is 1.39. The van der Waals surface area contributed by atoms with Gasteiger partial charge in [0.05, 0.1) is 11.9 Å². The van der Waals surface area contributed by atoms with Crippen molar-refractivity contribution in [3.63, 3.8) is 0 Å². The molecule has 4 heteroatoms. The third-order valence-electron chi connectivity index (χ3n) is 6.01. The van der Waals surface area contributed by atoms with Crippen LogP contribution in [0.25, 0.3) is 11.4 Å². The van der Waals surface area contributed by atoms with Gasteiger partial charge in [-0.2, -0.15) is 0 Å². The fourth-order valence-corrected chi connectivity index (χ4v) is 4.23. The van der Waals surface area contributed by atoms with Crippen molar-refractivity contribution >= 4 is 0 Å². The van der Waals surface area contributed by atoms with Crippen molar-refractivity contribution in [2.45, 2.75) is 52.9 Å². The van der Waals surface area contributed by atoms with E-state index in [9.17, 15) is 5.11 Å². The highest BCUT2D eigenvalue weighted by molar-refractivity contribution is 5.55. The van der Waals surface area contributed by atoms with Gasteiger partial charge in [0.25, 0.3) is 0 Å². The third-order valence-corrected chi connectivity index (χ3v) is 6.01. The van der Waals surface area contributed by atoms with Gasteiger partial charge >= 0.3 is 0 Å². The zero-order valence-corrected chi connectivity index (χ0v) is 19.6. The van der Waals surface area contributed by atoms with E-state index in [1.54, 1.807) is 6.07 Å². The van der Waals surface area contributed by atoms with Gasteiger partial charge in [-0.1, -0.05) is 86.1 Å². The Bertz CT molecular complexity index is 1150. The van der Waals surface area contributed by atoms with E-state index in [4.69, 9.17) is 4.98 Å². The van der Waals surface area contributed by atoms with E-state index in [1.807, 2.05) is 25.3 Å². The molecule has 0 bridgehead atoms. The van der Waals surface area contributed by atoms with E-state index in [-0.39, 0.29) is 0 Å². The van der Waals surface area contributed by atoms with Crippen LogP contribution in [0, 0.1) is 6.92 Å². The molecule has 33 heavy (non-hydrogen) atoms. The van der Waals surface area contributed by atoms with Gasteiger partial charge in [-0.15, -0.1) is 0 Å². The first-order valence-electron chi connectivity index (χ1n) is 11.8. The van der Waals surface area contributed by atoms with Gasteiger partial charge in [-0.25, -0.2) is 4.98 Å². The summed E-state index contributed by atoms with van der Waals surface area (Å²) in [6.45, 7) is 7.60. The number of aromatic nitrogens is 2. The first kappa shape index (κ1) is 22.8. The Morgan fingerprint density at radius 3 is 2.24 bits per heavy atom. The first-order valence-corrected chi connectivity index (χ1v) is 11.8. The van der Waals surface area contributed by atoms with Crippen LogP contribution in [0.4, 0.5) is 0 Å². The number of phenols is 1. The van der Waals surface area contributed by atoms with Gasteiger partial charge in [-0.05, 0) is 36.1 Å². The molecule has 170 valence electrons. The smallest absolute Gasteiger partial charge is 0.140 e. The molecule has 0 saturated carbocycles. The number of nitrogens with zero attached hydrogens (tertiary/aromatic N) is 3. The number of benzene rings is 3. The van der Waals surface area contributed by atoms with Crippen LogP contribution in [0.5, 0.6) is 5.75 Å². The van der Waals surface area contributed by atoms with Crippen molar-refractivity contribution in [2.24, 2.45) is 0 Å². The summed E-state index contributed by atoms with van der Waals surface area (Å²) in [5.41, 5.74) is 5.78. The first-order chi connectivity index (χ1) is 16.1. The SMILES string of the molecule is CCCCn1c(CN(Cc2ccccc2)Cc2ccc(O)c(C)c2)cnc1-c1ccccc1. The fourth-order valence-electron chi connectivity index (χ4n) is 4.23. The van der Waals surface area contributed by atoms with Gasteiger partial charge in [0.2, 0.25) is 0 Å². The highest BCUT2D eigenvalue weighted by Crippen LogP contribution is 2.24. The lowest BCUT2D eigenvalue weighted by Gasteiger charge is -2.24. The summed E-state index contributed by atoms with van der Waals surface area (Å²) >= 11 is 0.